The van der Waals surface area contributed by atoms with Gasteiger partial charge in [-0.2, -0.15) is 0 Å². The fraction of sp³-hybridized carbons (Fsp3) is 0.467. The molecule has 1 aromatic rings. The van der Waals surface area contributed by atoms with Crippen molar-refractivity contribution in [2.24, 2.45) is 5.92 Å². The SMILES string of the molecule is CNCC(C)C(=O)Nc1cccc(CN(C)C(C)=O)c1. The molecule has 2 N–H and O–H groups in total. The molecule has 0 spiro atoms. The molecule has 5 heteroatoms. The maximum absolute atomic E-state index is 11.9. The Labute approximate surface area is 120 Å². The summed E-state index contributed by atoms with van der Waals surface area (Å²) in [4.78, 5) is 24.8. The average molecular weight is 277 g/mol. The van der Waals surface area contributed by atoms with E-state index in [-0.39, 0.29) is 17.7 Å². The summed E-state index contributed by atoms with van der Waals surface area (Å²) in [7, 11) is 3.57. The summed E-state index contributed by atoms with van der Waals surface area (Å²) >= 11 is 0. The molecule has 0 heterocycles. The molecule has 5 nitrogen and oxygen atoms in total. The number of nitrogens with one attached hydrogen (secondary N) is 2. The number of carbonyl (C=O) groups excluding carboxylic acids is 2. The topological polar surface area (TPSA) is 61.4 Å². The summed E-state index contributed by atoms with van der Waals surface area (Å²) in [6.45, 7) is 4.58. The van der Waals surface area contributed by atoms with Crippen LogP contribution in [0.3, 0.4) is 0 Å². The maximum atomic E-state index is 11.9. The summed E-state index contributed by atoms with van der Waals surface area (Å²) in [6.07, 6.45) is 0. The van der Waals surface area contributed by atoms with E-state index < -0.39 is 0 Å². The molecule has 110 valence electrons. The zero-order valence-corrected chi connectivity index (χ0v) is 12.6. The van der Waals surface area contributed by atoms with Crippen molar-refractivity contribution in [2.45, 2.75) is 20.4 Å². The van der Waals surface area contributed by atoms with Gasteiger partial charge in [-0.1, -0.05) is 19.1 Å². The molecule has 0 aliphatic heterocycles. The molecule has 1 aromatic carbocycles. The van der Waals surface area contributed by atoms with E-state index in [2.05, 4.69) is 10.6 Å². The predicted molar refractivity (Wildman–Crippen MR) is 80.3 cm³/mol. The molecule has 0 aliphatic rings. The number of hydrogen-bond acceptors (Lipinski definition) is 3. The Morgan fingerprint density at radius 2 is 2.05 bits per heavy atom. The Balaban J connectivity index is 2.68. The number of anilines is 1. The highest BCUT2D eigenvalue weighted by Crippen LogP contribution is 2.13. The fourth-order valence-electron chi connectivity index (χ4n) is 1.80. The van der Waals surface area contributed by atoms with E-state index in [9.17, 15) is 9.59 Å². The zero-order chi connectivity index (χ0) is 15.1. The first-order chi connectivity index (χ1) is 9.43. The molecule has 1 atom stereocenters. The predicted octanol–water partition coefficient (Wildman–Crippen LogP) is 1.46. The maximum Gasteiger partial charge on any atom is 0.228 e. The molecule has 0 saturated carbocycles. The normalized spacial score (nSPS) is 11.8. The van der Waals surface area contributed by atoms with E-state index >= 15 is 0 Å². The van der Waals surface area contributed by atoms with Crippen molar-refractivity contribution >= 4 is 17.5 Å². The minimum absolute atomic E-state index is 0.0158. The Morgan fingerprint density at radius 3 is 2.65 bits per heavy atom. The van der Waals surface area contributed by atoms with Crippen LogP contribution in [0.4, 0.5) is 5.69 Å². The third kappa shape index (κ3) is 5.01. The lowest BCUT2D eigenvalue weighted by atomic mass is 10.1. The van der Waals surface area contributed by atoms with Gasteiger partial charge in [-0.05, 0) is 24.7 Å². The van der Waals surface area contributed by atoms with Crippen molar-refractivity contribution in [1.29, 1.82) is 0 Å². The Morgan fingerprint density at radius 1 is 1.35 bits per heavy atom. The summed E-state index contributed by atoms with van der Waals surface area (Å²) in [5.41, 5.74) is 1.74. The Hall–Kier alpha value is -1.88. The van der Waals surface area contributed by atoms with Crippen LogP contribution in [0, 0.1) is 5.92 Å². The minimum Gasteiger partial charge on any atom is -0.342 e. The molecule has 0 radical (unpaired) electrons. The molecule has 1 unspecified atom stereocenters. The van der Waals surface area contributed by atoms with Crippen LogP contribution in [-0.2, 0) is 16.1 Å². The smallest absolute Gasteiger partial charge is 0.228 e. The number of hydrogen-bond donors (Lipinski definition) is 2. The van der Waals surface area contributed by atoms with Gasteiger partial charge in [0.05, 0.1) is 0 Å². The number of amides is 2. The van der Waals surface area contributed by atoms with E-state index in [0.29, 0.717) is 13.1 Å². The van der Waals surface area contributed by atoms with Gasteiger partial charge in [0.1, 0.15) is 0 Å². The van der Waals surface area contributed by atoms with Gasteiger partial charge >= 0.3 is 0 Å². The first-order valence-electron chi connectivity index (χ1n) is 6.70. The highest BCUT2D eigenvalue weighted by Gasteiger charge is 2.12. The quantitative estimate of drug-likeness (QED) is 0.827. The molecular formula is C15H23N3O2. The molecule has 2 amide bonds. The highest BCUT2D eigenvalue weighted by atomic mass is 16.2. The summed E-state index contributed by atoms with van der Waals surface area (Å²) < 4.78 is 0. The van der Waals surface area contributed by atoms with E-state index in [4.69, 9.17) is 0 Å². The van der Waals surface area contributed by atoms with Gasteiger partial charge in [0, 0.05) is 38.7 Å². The van der Waals surface area contributed by atoms with Crippen LogP contribution in [0.1, 0.15) is 19.4 Å². The van der Waals surface area contributed by atoms with Crippen LogP contribution >= 0.6 is 0 Å². The standard InChI is InChI=1S/C15H23N3O2/c1-11(9-16-3)15(20)17-14-7-5-6-13(8-14)10-18(4)12(2)19/h5-8,11,16H,9-10H2,1-4H3,(H,17,20). The second-order valence-corrected chi connectivity index (χ2v) is 5.02. The first-order valence-corrected chi connectivity index (χ1v) is 6.70. The largest absolute Gasteiger partial charge is 0.342 e. The molecule has 0 bridgehead atoms. The van der Waals surface area contributed by atoms with Crippen molar-refractivity contribution in [3.05, 3.63) is 29.8 Å². The Bertz CT molecular complexity index is 474. The summed E-state index contributed by atoms with van der Waals surface area (Å²) in [6, 6.07) is 7.55. The molecule has 0 fully saturated rings. The minimum atomic E-state index is -0.0939. The van der Waals surface area contributed by atoms with Crippen LogP contribution in [0.2, 0.25) is 0 Å². The molecular weight excluding hydrogens is 254 g/mol. The molecule has 0 aromatic heterocycles. The molecule has 20 heavy (non-hydrogen) atoms. The van der Waals surface area contributed by atoms with Crippen LogP contribution in [0.15, 0.2) is 24.3 Å². The molecule has 0 saturated heterocycles. The van der Waals surface area contributed by atoms with Crippen LogP contribution in [0.25, 0.3) is 0 Å². The lowest BCUT2D eigenvalue weighted by molar-refractivity contribution is -0.128. The van der Waals surface area contributed by atoms with Gasteiger partial charge in [0.15, 0.2) is 0 Å². The third-order valence-electron chi connectivity index (χ3n) is 3.11. The Kier molecular flexibility index (Phi) is 6.18. The van der Waals surface area contributed by atoms with Crippen LogP contribution < -0.4 is 10.6 Å². The van der Waals surface area contributed by atoms with Gasteiger partial charge in [0.2, 0.25) is 11.8 Å². The van der Waals surface area contributed by atoms with Crippen molar-refractivity contribution < 1.29 is 9.59 Å². The monoisotopic (exact) mass is 277 g/mol. The van der Waals surface area contributed by atoms with Crippen molar-refractivity contribution in [3.8, 4) is 0 Å². The zero-order valence-electron chi connectivity index (χ0n) is 12.6. The van der Waals surface area contributed by atoms with Crippen LogP contribution in [0.5, 0.6) is 0 Å². The van der Waals surface area contributed by atoms with Gasteiger partial charge in [-0.25, -0.2) is 0 Å². The van der Waals surface area contributed by atoms with Crippen LogP contribution in [-0.4, -0.2) is 37.4 Å². The van der Waals surface area contributed by atoms with E-state index in [1.165, 1.54) is 6.92 Å². The van der Waals surface area contributed by atoms with Crippen molar-refractivity contribution in [3.63, 3.8) is 0 Å². The number of benzene rings is 1. The summed E-state index contributed by atoms with van der Waals surface area (Å²) in [5.74, 6) is -0.0953. The fourth-order valence-corrected chi connectivity index (χ4v) is 1.80. The lowest BCUT2D eigenvalue weighted by Gasteiger charge is -2.16. The number of nitrogens with zero attached hydrogens (tertiary/aromatic N) is 1. The number of rotatable bonds is 6. The van der Waals surface area contributed by atoms with Gasteiger partial charge < -0.3 is 15.5 Å². The van der Waals surface area contributed by atoms with E-state index in [1.807, 2.05) is 38.2 Å². The van der Waals surface area contributed by atoms with Gasteiger partial charge in [-0.3, -0.25) is 9.59 Å². The number of carbonyl (C=O) groups is 2. The molecule has 0 aliphatic carbocycles. The third-order valence-corrected chi connectivity index (χ3v) is 3.11. The second kappa shape index (κ2) is 7.65. The van der Waals surface area contributed by atoms with Crippen molar-refractivity contribution in [1.82, 2.24) is 10.2 Å². The first kappa shape index (κ1) is 16.2. The van der Waals surface area contributed by atoms with E-state index in [1.54, 1.807) is 11.9 Å². The molecule has 1 rings (SSSR count). The van der Waals surface area contributed by atoms with Gasteiger partial charge in [-0.15, -0.1) is 0 Å². The lowest BCUT2D eigenvalue weighted by Crippen LogP contribution is -2.28. The summed E-state index contributed by atoms with van der Waals surface area (Å²) in [5, 5.41) is 5.87. The van der Waals surface area contributed by atoms with Crippen molar-refractivity contribution in [2.75, 3.05) is 26.0 Å². The van der Waals surface area contributed by atoms with E-state index in [0.717, 1.165) is 11.3 Å². The van der Waals surface area contributed by atoms with Gasteiger partial charge in [0.25, 0.3) is 0 Å². The highest BCUT2D eigenvalue weighted by molar-refractivity contribution is 5.92. The average Bonchev–Trinajstić information content (AvgIpc) is 2.39. The second-order valence-electron chi connectivity index (χ2n) is 5.02.